The summed E-state index contributed by atoms with van der Waals surface area (Å²) < 4.78 is 11.1. The lowest BCUT2D eigenvalue weighted by molar-refractivity contribution is 0.0695. The molecule has 1 rings (SSSR count). The molecular formula is C11H17N3O3S. The standard InChI is InChI=1S/C11H17N3O3S/c1-7(18(3)17)4-5-12-11-13-6-9(10(15)16)8(2)14-11/h6-7H,4-5H2,1-3H3,(H,15,16)(H,12,13,14). The van der Waals surface area contributed by atoms with Gasteiger partial charge in [-0.15, -0.1) is 0 Å². The molecule has 1 aromatic heterocycles. The number of anilines is 1. The zero-order valence-electron chi connectivity index (χ0n) is 10.6. The molecule has 0 radical (unpaired) electrons. The number of aryl methyl sites for hydroxylation is 1. The monoisotopic (exact) mass is 271 g/mol. The maximum Gasteiger partial charge on any atom is 0.339 e. The van der Waals surface area contributed by atoms with Gasteiger partial charge in [-0.25, -0.2) is 14.8 Å². The Morgan fingerprint density at radius 3 is 2.78 bits per heavy atom. The second-order valence-electron chi connectivity index (χ2n) is 4.02. The average Bonchev–Trinajstić information content (AvgIpc) is 2.28. The molecule has 0 saturated carbocycles. The third-order valence-corrected chi connectivity index (χ3v) is 3.98. The van der Waals surface area contributed by atoms with Crippen LogP contribution in [0.1, 0.15) is 29.4 Å². The summed E-state index contributed by atoms with van der Waals surface area (Å²) in [5, 5.41) is 11.9. The van der Waals surface area contributed by atoms with Gasteiger partial charge < -0.3 is 10.4 Å². The van der Waals surface area contributed by atoms with Crippen LogP contribution in [0, 0.1) is 6.92 Å². The fourth-order valence-electron chi connectivity index (χ4n) is 1.32. The number of hydrogen-bond acceptors (Lipinski definition) is 5. The summed E-state index contributed by atoms with van der Waals surface area (Å²) in [5.74, 6) is -0.638. The van der Waals surface area contributed by atoms with Crippen molar-refractivity contribution in [2.24, 2.45) is 0 Å². The van der Waals surface area contributed by atoms with Gasteiger partial charge in [-0.3, -0.25) is 4.21 Å². The first kappa shape index (κ1) is 14.6. The third-order valence-electron chi connectivity index (χ3n) is 2.61. The number of carbonyl (C=O) groups is 1. The van der Waals surface area contributed by atoms with Crippen LogP contribution in [0.3, 0.4) is 0 Å². The van der Waals surface area contributed by atoms with Gasteiger partial charge in [-0.2, -0.15) is 0 Å². The Morgan fingerprint density at radius 1 is 1.61 bits per heavy atom. The molecule has 7 heteroatoms. The van der Waals surface area contributed by atoms with Crippen LogP contribution < -0.4 is 5.32 Å². The molecule has 0 aliphatic rings. The van der Waals surface area contributed by atoms with E-state index in [4.69, 9.17) is 5.11 Å². The topological polar surface area (TPSA) is 92.2 Å². The van der Waals surface area contributed by atoms with Gasteiger partial charge in [0.1, 0.15) is 0 Å². The third kappa shape index (κ3) is 4.06. The molecule has 0 amide bonds. The van der Waals surface area contributed by atoms with E-state index in [2.05, 4.69) is 15.3 Å². The minimum atomic E-state index is -1.03. The predicted molar refractivity (Wildman–Crippen MR) is 70.4 cm³/mol. The molecule has 0 aliphatic carbocycles. The average molecular weight is 271 g/mol. The van der Waals surface area contributed by atoms with Crippen molar-refractivity contribution in [1.29, 1.82) is 0 Å². The van der Waals surface area contributed by atoms with Gasteiger partial charge in [0, 0.05) is 35.0 Å². The fraction of sp³-hybridized carbons (Fsp3) is 0.545. The smallest absolute Gasteiger partial charge is 0.339 e. The molecule has 6 nitrogen and oxygen atoms in total. The molecule has 2 atom stereocenters. The Bertz CT molecular complexity index is 465. The quantitative estimate of drug-likeness (QED) is 0.803. The fourth-order valence-corrected chi connectivity index (χ4v) is 1.77. The van der Waals surface area contributed by atoms with Crippen LogP contribution in [0.5, 0.6) is 0 Å². The zero-order valence-corrected chi connectivity index (χ0v) is 11.5. The molecular weight excluding hydrogens is 254 g/mol. The van der Waals surface area contributed by atoms with Gasteiger partial charge in [0.15, 0.2) is 0 Å². The lowest BCUT2D eigenvalue weighted by Crippen LogP contribution is -2.16. The SMILES string of the molecule is Cc1nc(NCCC(C)S(C)=O)ncc1C(=O)O. The van der Waals surface area contributed by atoms with Crippen LogP contribution in [-0.4, -0.2) is 43.3 Å². The van der Waals surface area contributed by atoms with Crippen LogP contribution >= 0.6 is 0 Å². The van der Waals surface area contributed by atoms with E-state index in [9.17, 15) is 9.00 Å². The van der Waals surface area contributed by atoms with Crippen molar-refractivity contribution in [3.05, 3.63) is 17.5 Å². The number of carboxylic acid groups (broad SMARTS) is 1. The van der Waals surface area contributed by atoms with Gasteiger partial charge in [0.05, 0.1) is 11.3 Å². The first-order valence-corrected chi connectivity index (χ1v) is 7.17. The summed E-state index contributed by atoms with van der Waals surface area (Å²) in [5.41, 5.74) is 0.524. The molecule has 2 unspecified atom stereocenters. The second kappa shape index (κ2) is 6.44. The number of aromatic nitrogens is 2. The van der Waals surface area contributed by atoms with Gasteiger partial charge >= 0.3 is 5.97 Å². The van der Waals surface area contributed by atoms with Crippen LogP contribution in [0.2, 0.25) is 0 Å². The van der Waals surface area contributed by atoms with E-state index in [-0.39, 0.29) is 10.8 Å². The summed E-state index contributed by atoms with van der Waals surface area (Å²) >= 11 is 0. The summed E-state index contributed by atoms with van der Waals surface area (Å²) in [6.45, 7) is 4.14. The van der Waals surface area contributed by atoms with E-state index in [0.29, 0.717) is 18.2 Å². The number of aromatic carboxylic acids is 1. The molecule has 1 aromatic rings. The minimum Gasteiger partial charge on any atom is -0.478 e. The molecule has 0 saturated heterocycles. The van der Waals surface area contributed by atoms with Crippen LogP contribution in [0.15, 0.2) is 6.20 Å². The molecule has 0 aromatic carbocycles. The van der Waals surface area contributed by atoms with Gasteiger partial charge in [-0.1, -0.05) is 6.92 Å². The second-order valence-corrected chi connectivity index (χ2v) is 5.82. The van der Waals surface area contributed by atoms with E-state index in [1.54, 1.807) is 13.2 Å². The summed E-state index contributed by atoms with van der Waals surface area (Å²) in [6.07, 6.45) is 3.70. The van der Waals surface area contributed by atoms with Crippen molar-refractivity contribution < 1.29 is 14.1 Å². The van der Waals surface area contributed by atoms with Crippen molar-refractivity contribution in [2.45, 2.75) is 25.5 Å². The summed E-state index contributed by atoms with van der Waals surface area (Å²) in [7, 11) is -0.841. The Labute approximate surface area is 108 Å². The van der Waals surface area contributed by atoms with Gasteiger partial charge in [-0.05, 0) is 13.3 Å². The predicted octanol–water partition coefficient (Wildman–Crippen LogP) is 1.05. The van der Waals surface area contributed by atoms with Crippen molar-refractivity contribution in [1.82, 2.24) is 9.97 Å². The summed E-state index contributed by atoms with van der Waals surface area (Å²) in [6, 6.07) is 0. The van der Waals surface area contributed by atoms with Crippen molar-refractivity contribution in [2.75, 3.05) is 18.1 Å². The van der Waals surface area contributed by atoms with E-state index in [1.807, 2.05) is 6.92 Å². The Morgan fingerprint density at radius 2 is 2.28 bits per heavy atom. The highest BCUT2D eigenvalue weighted by Crippen LogP contribution is 2.07. The highest BCUT2D eigenvalue weighted by Gasteiger charge is 2.10. The van der Waals surface area contributed by atoms with Crippen LogP contribution in [-0.2, 0) is 10.8 Å². The highest BCUT2D eigenvalue weighted by atomic mass is 32.2. The maximum atomic E-state index is 11.1. The molecule has 0 aliphatic heterocycles. The van der Waals surface area contributed by atoms with Gasteiger partial charge in [0.2, 0.25) is 5.95 Å². The maximum absolute atomic E-state index is 11.1. The number of rotatable bonds is 6. The Kier molecular flexibility index (Phi) is 5.21. The molecule has 1 heterocycles. The van der Waals surface area contributed by atoms with Crippen molar-refractivity contribution in [3.63, 3.8) is 0 Å². The number of nitrogens with one attached hydrogen (secondary N) is 1. The van der Waals surface area contributed by atoms with Gasteiger partial charge in [0.25, 0.3) is 0 Å². The molecule has 100 valence electrons. The van der Waals surface area contributed by atoms with Crippen molar-refractivity contribution in [3.8, 4) is 0 Å². The number of nitrogens with zero attached hydrogens (tertiary/aromatic N) is 2. The highest BCUT2D eigenvalue weighted by molar-refractivity contribution is 7.84. The Hall–Kier alpha value is -1.50. The molecule has 0 fully saturated rings. The first-order chi connectivity index (χ1) is 8.41. The van der Waals surface area contributed by atoms with E-state index < -0.39 is 16.8 Å². The van der Waals surface area contributed by atoms with Crippen molar-refractivity contribution >= 4 is 22.7 Å². The van der Waals surface area contributed by atoms with E-state index in [1.165, 1.54) is 6.20 Å². The van der Waals surface area contributed by atoms with Crippen LogP contribution in [0.4, 0.5) is 5.95 Å². The molecule has 0 bridgehead atoms. The normalized spacial score (nSPS) is 13.9. The molecule has 2 N–H and O–H groups in total. The lowest BCUT2D eigenvalue weighted by Gasteiger charge is -2.09. The zero-order chi connectivity index (χ0) is 13.7. The molecule has 18 heavy (non-hydrogen) atoms. The first-order valence-electron chi connectivity index (χ1n) is 5.55. The lowest BCUT2D eigenvalue weighted by atomic mass is 10.2. The number of hydrogen-bond donors (Lipinski definition) is 2. The summed E-state index contributed by atoms with van der Waals surface area (Å²) in [4.78, 5) is 18.8. The van der Waals surface area contributed by atoms with Crippen LogP contribution in [0.25, 0.3) is 0 Å². The molecule has 0 spiro atoms. The Balaban J connectivity index is 2.56. The van der Waals surface area contributed by atoms with E-state index >= 15 is 0 Å². The number of carboxylic acids is 1. The minimum absolute atomic E-state index is 0.101. The largest absolute Gasteiger partial charge is 0.478 e. The van der Waals surface area contributed by atoms with E-state index in [0.717, 1.165) is 6.42 Å².